The molecule has 19 heavy (non-hydrogen) atoms. The summed E-state index contributed by atoms with van der Waals surface area (Å²) >= 11 is 5.74. The van der Waals surface area contributed by atoms with Crippen LogP contribution < -0.4 is 10.1 Å². The molecule has 0 fully saturated rings. The van der Waals surface area contributed by atoms with E-state index in [0.717, 1.165) is 5.56 Å². The van der Waals surface area contributed by atoms with Crippen molar-refractivity contribution in [3.05, 3.63) is 41.2 Å². The van der Waals surface area contributed by atoms with Gasteiger partial charge in [-0.2, -0.15) is 5.10 Å². The van der Waals surface area contributed by atoms with Gasteiger partial charge in [-0.25, -0.2) is 0 Å². The van der Waals surface area contributed by atoms with Crippen molar-refractivity contribution in [1.29, 1.82) is 0 Å². The summed E-state index contributed by atoms with van der Waals surface area (Å²) in [4.78, 5) is 11.9. The molecule has 2 aromatic rings. The number of hydrogen-bond acceptors (Lipinski definition) is 3. The van der Waals surface area contributed by atoms with Crippen molar-refractivity contribution in [2.45, 2.75) is 13.5 Å². The van der Waals surface area contributed by atoms with Gasteiger partial charge in [0.1, 0.15) is 12.3 Å². The number of anilines is 1. The first-order chi connectivity index (χ1) is 9.08. The summed E-state index contributed by atoms with van der Waals surface area (Å²) in [5.74, 6) is 0.432. The van der Waals surface area contributed by atoms with E-state index in [4.69, 9.17) is 16.3 Å². The van der Waals surface area contributed by atoms with Crippen LogP contribution in [0.2, 0.25) is 5.02 Å². The summed E-state index contributed by atoms with van der Waals surface area (Å²) in [5, 5.41) is 7.24. The second-order valence-electron chi connectivity index (χ2n) is 4.11. The van der Waals surface area contributed by atoms with Gasteiger partial charge in [0.15, 0.2) is 0 Å². The number of carbonyl (C=O) groups excluding carboxylic acids is 1. The largest absolute Gasteiger partial charge is 0.495 e. The Morgan fingerprint density at radius 3 is 2.95 bits per heavy atom. The van der Waals surface area contributed by atoms with Crippen LogP contribution in [0.15, 0.2) is 30.6 Å². The molecule has 0 saturated carbocycles. The lowest BCUT2D eigenvalue weighted by atomic mass is 10.2. The highest BCUT2D eigenvalue weighted by atomic mass is 35.5. The van der Waals surface area contributed by atoms with E-state index in [1.165, 1.54) is 10.9 Å². The molecular weight excluding hydrogens is 266 g/mol. The summed E-state index contributed by atoms with van der Waals surface area (Å²) in [6.07, 6.45) is 3.08. The average molecular weight is 280 g/mol. The highest BCUT2D eigenvalue weighted by Gasteiger charge is 2.09. The Kier molecular flexibility index (Phi) is 4.06. The molecule has 0 radical (unpaired) electrons. The molecule has 0 spiro atoms. The van der Waals surface area contributed by atoms with Crippen molar-refractivity contribution in [2.75, 3.05) is 12.4 Å². The van der Waals surface area contributed by atoms with Crippen molar-refractivity contribution in [3.63, 3.8) is 0 Å². The quantitative estimate of drug-likeness (QED) is 0.935. The third-order valence-electron chi connectivity index (χ3n) is 2.54. The first-order valence-corrected chi connectivity index (χ1v) is 6.09. The number of methoxy groups -OCH3 is 1. The molecule has 0 aliphatic heterocycles. The van der Waals surface area contributed by atoms with Crippen molar-refractivity contribution < 1.29 is 9.53 Å². The summed E-state index contributed by atoms with van der Waals surface area (Å²) < 4.78 is 6.67. The zero-order chi connectivity index (χ0) is 13.8. The van der Waals surface area contributed by atoms with Gasteiger partial charge in [-0.05, 0) is 24.6 Å². The van der Waals surface area contributed by atoms with Gasteiger partial charge in [0.05, 0.1) is 24.0 Å². The fraction of sp³-hybridized carbons (Fsp3) is 0.231. The van der Waals surface area contributed by atoms with Gasteiger partial charge in [0.2, 0.25) is 5.91 Å². The predicted molar refractivity (Wildman–Crippen MR) is 73.6 cm³/mol. The van der Waals surface area contributed by atoms with Crippen molar-refractivity contribution in [2.24, 2.45) is 0 Å². The second-order valence-corrected chi connectivity index (χ2v) is 4.54. The lowest BCUT2D eigenvalue weighted by Gasteiger charge is -2.11. The minimum absolute atomic E-state index is 0.101. The standard InChI is InChI=1S/C13H14ClN3O2/c1-9-3-4-12(19-2)11(5-9)16-13(18)8-17-7-10(14)6-15-17/h3-7H,8H2,1-2H3,(H,16,18). The number of hydrogen-bond donors (Lipinski definition) is 1. The summed E-state index contributed by atoms with van der Waals surface area (Å²) in [7, 11) is 1.56. The molecule has 2 rings (SSSR count). The van der Waals surface area contributed by atoms with Crippen LogP contribution in [-0.2, 0) is 11.3 Å². The average Bonchev–Trinajstić information content (AvgIpc) is 2.75. The van der Waals surface area contributed by atoms with Crippen molar-refractivity contribution in [1.82, 2.24) is 9.78 Å². The summed E-state index contributed by atoms with van der Waals surface area (Å²) in [6.45, 7) is 2.05. The van der Waals surface area contributed by atoms with Crippen LogP contribution in [0.4, 0.5) is 5.69 Å². The fourth-order valence-electron chi connectivity index (χ4n) is 1.68. The van der Waals surface area contributed by atoms with Crippen molar-refractivity contribution in [3.8, 4) is 5.75 Å². The molecule has 1 amide bonds. The molecular formula is C13H14ClN3O2. The number of nitrogens with zero attached hydrogens (tertiary/aromatic N) is 2. The van der Waals surface area contributed by atoms with Crippen LogP contribution in [0.5, 0.6) is 5.75 Å². The van der Waals surface area contributed by atoms with Gasteiger partial charge < -0.3 is 10.1 Å². The van der Waals surface area contributed by atoms with Gasteiger partial charge in [0, 0.05) is 6.20 Å². The molecule has 1 N–H and O–H groups in total. The van der Waals surface area contributed by atoms with E-state index in [1.807, 2.05) is 25.1 Å². The van der Waals surface area contributed by atoms with Crippen LogP contribution in [-0.4, -0.2) is 22.8 Å². The molecule has 100 valence electrons. The van der Waals surface area contributed by atoms with Crippen LogP contribution in [0.25, 0.3) is 0 Å². The Balaban J connectivity index is 2.08. The number of rotatable bonds is 4. The monoisotopic (exact) mass is 279 g/mol. The number of benzene rings is 1. The van der Waals surface area contributed by atoms with E-state index in [2.05, 4.69) is 10.4 Å². The molecule has 1 aromatic heterocycles. The minimum atomic E-state index is -0.191. The predicted octanol–water partition coefficient (Wildman–Crippen LogP) is 2.49. The molecule has 0 unspecified atom stereocenters. The van der Waals surface area contributed by atoms with E-state index < -0.39 is 0 Å². The topological polar surface area (TPSA) is 56.1 Å². The zero-order valence-electron chi connectivity index (χ0n) is 10.7. The van der Waals surface area contributed by atoms with E-state index in [1.54, 1.807) is 13.3 Å². The number of carbonyl (C=O) groups is 1. The number of halogens is 1. The highest BCUT2D eigenvalue weighted by molar-refractivity contribution is 6.30. The SMILES string of the molecule is COc1ccc(C)cc1NC(=O)Cn1cc(Cl)cn1. The molecule has 0 saturated heterocycles. The summed E-state index contributed by atoms with van der Waals surface area (Å²) in [6, 6.07) is 5.59. The van der Waals surface area contributed by atoms with Gasteiger partial charge in [0.25, 0.3) is 0 Å². The Hall–Kier alpha value is -2.01. The number of ether oxygens (including phenoxy) is 1. The third kappa shape index (κ3) is 3.48. The molecule has 0 bridgehead atoms. The Bertz CT molecular complexity index is 595. The first kappa shape index (κ1) is 13.4. The molecule has 0 atom stereocenters. The maximum Gasteiger partial charge on any atom is 0.246 e. The smallest absolute Gasteiger partial charge is 0.246 e. The van der Waals surface area contributed by atoms with Gasteiger partial charge in [-0.15, -0.1) is 0 Å². The van der Waals surface area contributed by atoms with Gasteiger partial charge in [-0.1, -0.05) is 17.7 Å². The van der Waals surface area contributed by atoms with Crippen molar-refractivity contribution >= 4 is 23.2 Å². The minimum Gasteiger partial charge on any atom is -0.495 e. The Morgan fingerprint density at radius 2 is 2.32 bits per heavy atom. The Labute approximate surface area is 116 Å². The molecule has 1 heterocycles. The third-order valence-corrected chi connectivity index (χ3v) is 2.73. The van der Waals surface area contributed by atoms with Crippen LogP contribution >= 0.6 is 11.6 Å². The molecule has 0 aliphatic rings. The van der Waals surface area contributed by atoms with E-state index in [-0.39, 0.29) is 12.5 Å². The van der Waals surface area contributed by atoms with Gasteiger partial charge in [-0.3, -0.25) is 9.48 Å². The number of aromatic nitrogens is 2. The lowest BCUT2D eigenvalue weighted by Crippen LogP contribution is -2.19. The molecule has 5 nitrogen and oxygen atoms in total. The van der Waals surface area contributed by atoms with Crippen LogP contribution in [0.1, 0.15) is 5.56 Å². The van der Waals surface area contributed by atoms with Crippen LogP contribution in [0.3, 0.4) is 0 Å². The normalized spacial score (nSPS) is 10.3. The second kappa shape index (κ2) is 5.75. The van der Waals surface area contributed by atoms with E-state index >= 15 is 0 Å². The maximum absolute atomic E-state index is 11.9. The Morgan fingerprint density at radius 1 is 1.53 bits per heavy atom. The number of aryl methyl sites for hydroxylation is 1. The fourth-order valence-corrected chi connectivity index (χ4v) is 1.84. The van der Waals surface area contributed by atoms with E-state index in [9.17, 15) is 4.79 Å². The lowest BCUT2D eigenvalue weighted by molar-refractivity contribution is -0.116. The highest BCUT2D eigenvalue weighted by Crippen LogP contribution is 2.25. The molecule has 0 aliphatic carbocycles. The maximum atomic E-state index is 11.9. The molecule has 6 heteroatoms. The van der Waals surface area contributed by atoms with Gasteiger partial charge >= 0.3 is 0 Å². The van der Waals surface area contributed by atoms with Crippen LogP contribution in [0, 0.1) is 6.92 Å². The molecule has 1 aromatic carbocycles. The number of nitrogens with one attached hydrogen (secondary N) is 1. The number of amides is 1. The first-order valence-electron chi connectivity index (χ1n) is 5.71. The summed E-state index contributed by atoms with van der Waals surface area (Å²) in [5.41, 5.74) is 1.68. The zero-order valence-corrected chi connectivity index (χ0v) is 11.4. The van der Waals surface area contributed by atoms with E-state index in [0.29, 0.717) is 16.5 Å².